The van der Waals surface area contributed by atoms with E-state index in [0.29, 0.717) is 5.92 Å². The van der Waals surface area contributed by atoms with Gasteiger partial charge >= 0.3 is 0 Å². The van der Waals surface area contributed by atoms with E-state index in [1.165, 1.54) is 24.8 Å². The van der Waals surface area contributed by atoms with Crippen molar-refractivity contribution in [2.75, 3.05) is 0 Å². The predicted molar refractivity (Wildman–Crippen MR) is 51.6 cm³/mol. The minimum Gasteiger partial charge on any atom is -0.126 e. The van der Waals surface area contributed by atoms with Crippen LogP contribution in [0.15, 0.2) is 17.4 Å². The van der Waals surface area contributed by atoms with Crippen molar-refractivity contribution in [2.24, 2.45) is 5.92 Å². The summed E-state index contributed by atoms with van der Waals surface area (Å²) in [6.07, 6.45) is 5.91. The summed E-state index contributed by atoms with van der Waals surface area (Å²) in [5.74, 6) is 0.646. The lowest BCUT2D eigenvalue weighted by Gasteiger charge is -1.98. The van der Waals surface area contributed by atoms with Crippen molar-refractivity contribution in [3.8, 4) is 0 Å². The highest BCUT2D eigenvalue weighted by Gasteiger charge is 1.91. The Balaban J connectivity index is 3.76. The van der Waals surface area contributed by atoms with Gasteiger partial charge in [0, 0.05) is 0 Å². The second-order valence-electron chi connectivity index (χ2n) is 3.33. The highest BCUT2D eigenvalue weighted by atomic mass is 14.0. The third kappa shape index (κ3) is 5.94. The average molecular weight is 152 g/mol. The average Bonchev–Trinajstić information content (AvgIpc) is 1.97. The molecule has 0 aromatic carbocycles. The minimum atomic E-state index is 0.646. The Bertz CT molecular complexity index is 145. The number of allylic oxidation sites excluding steroid dienone is 1. The molecule has 0 amide bonds. The van der Waals surface area contributed by atoms with Gasteiger partial charge in [0.2, 0.25) is 0 Å². The van der Waals surface area contributed by atoms with E-state index in [1.54, 1.807) is 0 Å². The third-order valence-corrected chi connectivity index (χ3v) is 1.90. The van der Waals surface area contributed by atoms with E-state index in [1.807, 2.05) is 0 Å². The van der Waals surface area contributed by atoms with Crippen LogP contribution in [0.2, 0.25) is 0 Å². The van der Waals surface area contributed by atoms with E-state index >= 15 is 0 Å². The number of unbranched alkanes of at least 4 members (excludes halogenated alkanes) is 2. The Morgan fingerprint density at radius 3 is 2.55 bits per heavy atom. The van der Waals surface area contributed by atoms with Gasteiger partial charge in [-0.15, -0.1) is 5.73 Å². The lowest BCUT2D eigenvalue weighted by molar-refractivity contribution is 0.768. The number of hydrogen-bond acceptors (Lipinski definition) is 0. The maximum atomic E-state index is 3.31. The lowest BCUT2D eigenvalue weighted by atomic mass is 10.1. The zero-order valence-corrected chi connectivity index (χ0v) is 8.28. The molecule has 0 nitrogen and oxygen atoms in total. The van der Waals surface area contributed by atoms with Crippen LogP contribution in [0.5, 0.6) is 0 Å². The van der Waals surface area contributed by atoms with Gasteiger partial charge in [-0.3, -0.25) is 0 Å². The van der Waals surface area contributed by atoms with Gasteiger partial charge in [-0.05, 0) is 37.3 Å². The molecule has 0 radical (unpaired) electrons. The summed E-state index contributed by atoms with van der Waals surface area (Å²) in [6, 6.07) is 0. The van der Waals surface area contributed by atoms with Crippen LogP contribution < -0.4 is 0 Å². The fraction of sp³-hybridized carbons (Fsp3) is 0.727. The van der Waals surface area contributed by atoms with Crippen LogP contribution in [0.3, 0.4) is 0 Å². The van der Waals surface area contributed by atoms with Gasteiger partial charge < -0.3 is 0 Å². The first-order chi connectivity index (χ1) is 5.18. The molecule has 0 rings (SSSR count). The van der Waals surface area contributed by atoms with E-state index in [9.17, 15) is 0 Å². The molecule has 0 unspecified atom stereocenters. The monoisotopic (exact) mass is 152 g/mol. The van der Waals surface area contributed by atoms with Gasteiger partial charge in [-0.2, -0.15) is 0 Å². The van der Waals surface area contributed by atoms with Crippen molar-refractivity contribution >= 4 is 0 Å². The smallest absolute Gasteiger partial charge is 0.0187 e. The summed E-state index contributed by atoms with van der Waals surface area (Å²) in [5.41, 5.74) is 4.67. The standard InChI is InChI=1S/C11H20/c1-5-6-7-8-9-11(4)10(2)3/h8,10H,5-7H2,1-4H3. The second-order valence-corrected chi connectivity index (χ2v) is 3.33. The van der Waals surface area contributed by atoms with Crippen LogP contribution in [0.1, 0.15) is 47.0 Å². The molecular weight excluding hydrogens is 132 g/mol. The summed E-state index contributed by atoms with van der Waals surface area (Å²) in [4.78, 5) is 0. The quantitative estimate of drug-likeness (QED) is 0.423. The van der Waals surface area contributed by atoms with E-state index in [0.717, 1.165) is 0 Å². The largest absolute Gasteiger partial charge is 0.126 e. The van der Waals surface area contributed by atoms with E-state index in [2.05, 4.69) is 39.5 Å². The number of rotatable bonds is 4. The SMILES string of the molecule is CCCCC=C=C(C)C(C)C. The maximum absolute atomic E-state index is 3.31. The molecule has 0 aliphatic rings. The molecule has 0 aromatic rings. The van der Waals surface area contributed by atoms with E-state index in [-0.39, 0.29) is 0 Å². The zero-order chi connectivity index (χ0) is 8.69. The zero-order valence-electron chi connectivity index (χ0n) is 8.28. The molecule has 0 fully saturated rings. The van der Waals surface area contributed by atoms with E-state index < -0.39 is 0 Å². The van der Waals surface area contributed by atoms with Crippen molar-refractivity contribution in [3.63, 3.8) is 0 Å². The van der Waals surface area contributed by atoms with Gasteiger partial charge in [-0.1, -0.05) is 27.2 Å². The predicted octanol–water partition coefficient (Wildman–Crippen LogP) is 3.93. The van der Waals surface area contributed by atoms with Crippen molar-refractivity contribution < 1.29 is 0 Å². The Hall–Kier alpha value is -0.480. The summed E-state index contributed by atoms with van der Waals surface area (Å²) in [6.45, 7) is 8.77. The molecule has 0 aromatic heterocycles. The van der Waals surface area contributed by atoms with Gasteiger partial charge in [0.1, 0.15) is 0 Å². The van der Waals surface area contributed by atoms with Crippen molar-refractivity contribution in [2.45, 2.75) is 47.0 Å². The topological polar surface area (TPSA) is 0 Å². The second kappa shape index (κ2) is 6.24. The lowest BCUT2D eigenvalue weighted by Crippen LogP contribution is -1.85. The van der Waals surface area contributed by atoms with Gasteiger partial charge in [0.25, 0.3) is 0 Å². The molecule has 0 heteroatoms. The first kappa shape index (κ1) is 10.5. The molecule has 0 N–H and O–H groups in total. The minimum absolute atomic E-state index is 0.646. The summed E-state index contributed by atoms with van der Waals surface area (Å²) in [5, 5.41) is 0. The number of hydrogen-bond donors (Lipinski definition) is 0. The molecule has 0 spiro atoms. The fourth-order valence-electron chi connectivity index (χ4n) is 0.706. The molecule has 0 saturated heterocycles. The Morgan fingerprint density at radius 2 is 2.09 bits per heavy atom. The van der Waals surface area contributed by atoms with Crippen LogP contribution in [0.4, 0.5) is 0 Å². The first-order valence-electron chi connectivity index (χ1n) is 4.60. The van der Waals surface area contributed by atoms with Crippen LogP contribution >= 0.6 is 0 Å². The van der Waals surface area contributed by atoms with Crippen LogP contribution in [0, 0.1) is 5.92 Å². The summed E-state index contributed by atoms with van der Waals surface area (Å²) < 4.78 is 0. The van der Waals surface area contributed by atoms with Crippen LogP contribution in [0.25, 0.3) is 0 Å². The highest BCUT2D eigenvalue weighted by molar-refractivity contribution is 5.00. The van der Waals surface area contributed by atoms with Gasteiger partial charge in [-0.25, -0.2) is 0 Å². The van der Waals surface area contributed by atoms with Crippen molar-refractivity contribution in [1.82, 2.24) is 0 Å². The Labute approximate surface area is 71.0 Å². The molecular formula is C11H20. The van der Waals surface area contributed by atoms with Crippen molar-refractivity contribution in [3.05, 3.63) is 17.4 Å². The fourth-order valence-corrected chi connectivity index (χ4v) is 0.706. The Kier molecular flexibility index (Phi) is 5.97. The molecule has 0 heterocycles. The molecule has 64 valence electrons. The molecule has 0 bridgehead atoms. The normalized spacial score (nSPS) is 9.55. The van der Waals surface area contributed by atoms with E-state index in [4.69, 9.17) is 0 Å². The third-order valence-electron chi connectivity index (χ3n) is 1.90. The highest BCUT2D eigenvalue weighted by Crippen LogP contribution is 2.05. The van der Waals surface area contributed by atoms with Gasteiger partial charge in [0.05, 0.1) is 0 Å². The van der Waals surface area contributed by atoms with Crippen molar-refractivity contribution in [1.29, 1.82) is 0 Å². The molecule has 0 aliphatic heterocycles. The Morgan fingerprint density at radius 1 is 1.45 bits per heavy atom. The van der Waals surface area contributed by atoms with Crippen LogP contribution in [-0.2, 0) is 0 Å². The molecule has 0 saturated carbocycles. The summed E-state index contributed by atoms with van der Waals surface area (Å²) in [7, 11) is 0. The van der Waals surface area contributed by atoms with Gasteiger partial charge in [0.15, 0.2) is 0 Å². The molecule has 0 atom stereocenters. The molecule has 0 aliphatic carbocycles. The molecule has 11 heavy (non-hydrogen) atoms. The van der Waals surface area contributed by atoms with Crippen LogP contribution in [-0.4, -0.2) is 0 Å². The summed E-state index contributed by atoms with van der Waals surface area (Å²) >= 11 is 0. The first-order valence-corrected chi connectivity index (χ1v) is 4.60. The maximum Gasteiger partial charge on any atom is -0.0187 e.